The second kappa shape index (κ2) is 5.69. The van der Waals surface area contributed by atoms with Crippen LogP contribution in [0.1, 0.15) is 18.2 Å². The van der Waals surface area contributed by atoms with Gasteiger partial charge in [0.15, 0.2) is 0 Å². The molecule has 0 radical (unpaired) electrons. The molecule has 0 unspecified atom stereocenters. The Labute approximate surface area is 106 Å². The van der Waals surface area contributed by atoms with Gasteiger partial charge < -0.3 is 15.1 Å². The van der Waals surface area contributed by atoms with Crippen LogP contribution < -0.4 is 10.6 Å². The summed E-state index contributed by atoms with van der Waals surface area (Å²) in [6, 6.07) is 8.90. The number of nitrogens with two attached hydrogens (primary N) is 1. The first kappa shape index (κ1) is 12.6. The molecule has 1 aromatic heterocycles. The van der Waals surface area contributed by atoms with E-state index in [1.165, 1.54) is 6.07 Å². The molecule has 2 aromatic rings. The molecule has 4 heteroatoms. The summed E-state index contributed by atoms with van der Waals surface area (Å²) in [5.74, 6) is 0.605. The zero-order chi connectivity index (χ0) is 13.0. The monoisotopic (exact) mass is 248 g/mol. The van der Waals surface area contributed by atoms with Crippen molar-refractivity contribution < 1.29 is 8.81 Å². The second-order valence-corrected chi connectivity index (χ2v) is 4.07. The van der Waals surface area contributed by atoms with Gasteiger partial charge in [0.2, 0.25) is 0 Å². The molecule has 0 aliphatic carbocycles. The Morgan fingerprint density at radius 2 is 2.17 bits per heavy atom. The summed E-state index contributed by atoms with van der Waals surface area (Å²) in [7, 11) is 0. The summed E-state index contributed by atoms with van der Waals surface area (Å²) in [6.07, 6.45) is 1.64. The molecule has 0 aliphatic heterocycles. The van der Waals surface area contributed by atoms with Crippen LogP contribution in [0.2, 0.25) is 0 Å². The van der Waals surface area contributed by atoms with Crippen molar-refractivity contribution in [3.05, 3.63) is 53.7 Å². The third-order valence-corrected chi connectivity index (χ3v) is 2.93. The molecular formula is C14H17FN2O. The van der Waals surface area contributed by atoms with E-state index in [-0.39, 0.29) is 12.4 Å². The number of hydrogen-bond donors (Lipinski definition) is 1. The molecule has 0 saturated heterocycles. The van der Waals surface area contributed by atoms with Gasteiger partial charge in [-0.2, -0.15) is 0 Å². The molecule has 1 heterocycles. The third-order valence-electron chi connectivity index (χ3n) is 2.93. The van der Waals surface area contributed by atoms with Gasteiger partial charge in [-0.3, -0.25) is 0 Å². The molecule has 1 aromatic carbocycles. The smallest absolute Gasteiger partial charge is 0.129 e. The summed E-state index contributed by atoms with van der Waals surface area (Å²) in [6.45, 7) is 3.65. The maximum absolute atomic E-state index is 13.7. The Bertz CT molecular complexity index is 497. The van der Waals surface area contributed by atoms with Crippen molar-refractivity contribution in [2.45, 2.75) is 20.0 Å². The summed E-state index contributed by atoms with van der Waals surface area (Å²) in [4.78, 5) is 2.04. The van der Waals surface area contributed by atoms with Crippen LogP contribution in [0, 0.1) is 5.82 Å². The molecule has 0 bridgehead atoms. The molecule has 18 heavy (non-hydrogen) atoms. The molecule has 0 amide bonds. The third kappa shape index (κ3) is 2.71. The van der Waals surface area contributed by atoms with Crippen LogP contribution in [0.15, 0.2) is 41.0 Å². The average molecular weight is 248 g/mol. The number of benzene rings is 1. The van der Waals surface area contributed by atoms with E-state index in [1.54, 1.807) is 12.3 Å². The highest BCUT2D eigenvalue weighted by Crippen LogP contribution is 2.20. The molecule has 0 fully saturated rings. The average Bonchev–Trinajstić information content (AvgIpc) is 2.88. The number of hydrogen-bond acceptors (Lipinski definition) is 3. The van der Waals surface area contributed by atoms with Gasteiger partial charge in [0.25, 0.3) is 0 Å². The first-order valence-electron chi connectivity index (χ1n) is 6.00. The highest BCUT2D eigenvalue weighted by molar-refractivity contribution is 5.48. The summed E-state index contributed by atoms with van der Waals surface area (Å²) < 4.78 is 19.0. The predicted octanol–water partition coefficient (Wildman–Crippen LogP) is 2.90. The standard InChI is InChI=1S/C14H17FN2O/c1-2-17(10-13-4-3-7-18-13)12-6-5-11(9-16)14(15)8-12/h3-8H,2,9-10,16H2,1H3. The lowest BCUT2D eigenvalue weighted by Crippen LogP contribution is -2.22. The van der Waals surface area contributed by atoms with E-state index < -0.39 is 0 Å². The van der Waals surface area contributed by atoms with E-state index in [0.29, 0.717) is 12.1 Å². The number of halogens is 1. The van der Waals surface area contributed by atoms with E-state index in [1.807, 2.05) is 30.0 Å². The zero-order valence-corrected chi connectivity index (χ0v) is 10.4. The van der Waals surface area contributed by atoms with Gasteiger partial charge in [0.1, 0.15) is 11.6 Å². The van der Waals surface area contributed by atoms with Gasteiger partial charge in [-0.25, -0.2) is 4.39 Å². The fourth-order valence-electron chi connectivity index (χ4n) is 1.87. The van der Waals surface area contributed by atoms with E-state index in [2.05, 4.69) is 0 Å². The van der Waals surface area contributed by atoms with Crippen LogP contribution >= 0.6 is 0 Å². The molecule has 2 rings (SSSR count). The Balaban J connectivity index is 2.19. The largest absolute Gasteiger partial charge is 0.467 e. The summed E-state index contributed by atoms with van der Waals surface area (Å²) in [5, 5.41) is 0. The van der Waals surface area contributed by atoms with Crippen LogP contribution in [0.4, 0.5) is 10.1 Å². The van der Waals surface area contributed by atoms with Crippen LogP contribution in [-0.4, -0.2) is 6.54 Å². The molecular weight excluding hydrogens is 231 g/mol. The first-order valence-corrected chi connectivity index (χ1v) is 6.00. The number of rotatable bonds is 5. The summed E-state index contributed by atoms with van der Waals surface area (Å²) >= 11 is 0. The number of anilines is 1. The van der Waals surface area contributed by atoms with E-state index in [9.17, 15) is 4.39 Å². The van der Waals surface area contributed by atoms with Gasteiger partial charge in [0, 0.05) is 24.3 Å². The van der Waals surface area contributed by atoms with Crippen LogP contribution in [0.25, 0.3) is 0 Å². The minimum atomic E-state index is -0.257. The van der Waals surface area contributed by atoms with Gasteiger partial charge in [-0.1, -0.05) is 6.07 Å². The minimum absolute atomic E-state index is 0.219. The topological polar surface area (TPSA) is 42.4 Å². The minimum Gasteiger partial charge on any atom is -0.467 e. The van der Waals surface area contributed by atoms with E-state index in [4.69, 9.17) is 10.2 Å². The molecule has 0 atom stereocenters. The molecule has 0 aliphatic rings. The van der Waals surface area contributed by atoms with Crippen molar-refractivity contribution in [1.82, 2.24) is 0 Å². The number of nitrogens with zero attached hydrogens (tertiary/aromatic N) is 1. The van der Waals surface area contributed by atoms with Crippen molar-refractivity contribution in [2.24, 2.45) is 5.73 Å². The van der Waals surface area contributed by atoms with Gasteiger partial charge in [-0.15, -0.1) is 0 Å². The van der Waals surface area contributed by atoms with Gasteiger partial charge >= 0.3 is 0 Å². The van der Waals surface area contributed by atoms with Crippen molar-refractivity contribution in [1.29, 1.82) is 0 Å². The number of furan rings is 1. The first-order chi connectivity index (χ1) is 8.74. The van der Waals surface area contributed by atoms with Crippen molar-refractivity contribution in [3.8, 4) is 0 Å². The SMILES string of the molecule is CCN(Cc1ccco1)c1ccc(CN)c(F)c1. The molecule has 96 valence electrons. The lowest BCUT2D eigenvalue weighted by molar-refractivity contribution is 0.503. The van der Waals surface area contributed by atoms with Gasteiger partial charge in [0.05, 0.1) is 12.8 Å². The van der Waals surface area contributed by atoms with E-state index in [0.717, 1.165) is 18.0 Å². The fraction of sp³-hybridized carbons (Fsp3) is 0.286. The van der Waals surface area contributed by atoms with Crippen molar-refractivity contribution in [2.75, 3.05) is 11.4 Å². The zero-order valence-electron chi connectivity index (χ0n) is 10.4. The fourth-order valence-corrected chi connectivity index (χ4v) is 1.87. The maximum Gasteiger partial charge on any atom is 0.129 e. The lowest BCUT2D eigenvalue weighted by atomic mass is 10.1. The lowest BCUT2D eigenvalue weighted by Gasteiger charge is -2.22. The van der Waals surface area contributed by atoms with Gasteiger partial charge in [-0.05, 0) is 31.2 Å². The molecule has 0 saturated carbocycles. The van der Waals surface area contributed by atoms with Crippen LogP contribution in [0.5, 0.6) is 0 Å². The second-order valence-electron chi connectivity index (χ2n) is 4.07. The quantitative estimate of drug-likeness (QED) is 0.884. The van der Waals surface area contributed by atoms with Crippen LogP contribution in [-0.2, 0) is 13.1 Å². The Morgan fingerprint density at radius 3 is 2.72 bits per heavy atom. The maximum atomic E-state index is 13.7. The van der Waals surface area contributed by atoms with Crippen molar-refractivity contribution in [3.63, 3.8) is 0 Å². The molecule has 0 spiro atoms. The van der Waals surface area contributed by atoms with Crippen molar-refractivity contribution >= 4 is 5.69 Å². The molecule has 2 N–H and O–H groups in total. The summed E-state index contributed by atoms with van der Waals surface area (Å²) in [5.41, 5.74) is 6.82. The normalized spacial score (nSPS) is 10.6. The van der Waals surface area contributed by atoms with Crippen LogP contribution in [0.3, 0.4) is 0 Å². The molecule has 3 nitrogen and oxygen atoms in total. The highest BCUT2D eigenvalue weighted by atomic mass is 19.1. The highest BCUT2D eigenvalue weighted by Gasteiger charge is 2.09. The Hall–Kier alpha value is -1.81. The predicted molar refractivity (Wildman–Crippen MR) is 69.7 cm³/mol. The Morgan fingerprint density at radius 1 is 1.33 bits per heavy atom. The Kier molecular flexibility index (Phi) is 3.99. The van der Waals surface area contributed by atoms with E-state index >= 15 is 0 Å².